The zero-order chi connectivity index (χ0) is 19.2. The van der Waals surface area contributed by atoms with Crippen LogP contribution in [0.5, 0.6) is 0 Å². The number of hydrazone groups is 1. The summed E-state index contributed by atoms with van der Waals surface area (Å²) in [4.78, 5) is 24.0. The first-order chi connectivity index (χ1) is 13.1. The van der Waals surface area contributed by atoms with Gasteiger partial charge in [0.2, 0.25) is 6.41 Å². The summed E-state index contributed by atoms with van der Waals surface area (Å²) in [5.74, 6) is 0. The summed E-state index contributed by atoms with van der Waals surface area (Å²) >= 11 is 0. The Balaban J connectivity index is 1.87. The molecular formula is C21H20N4O2. The first-order valence-electron chi connectivity index (χ1n) is 8.50. The number of H-pyrrole nitrogens is 1. The van der Waals surface area contributed by atoms with Gasteiger partial charge in [0, 0.05) is 5.69 Å². The number of benzene rings is 2. The molecule has 0 bridgehead atoms. The van der Waals surface area contributed by atoms with Crippen molar-refractivity contribution in [2.45, 2.75) is 13.8 Å². The SMILES string of the molecule is CC(/C=C/c1c(C)[nH]n(-c2ccccc2)c1=O)=N/N(C=O)c1ccccc1. The fourth-order valence-electron chi connectivity index (χ4n) is 2.64. The summed E-state index contributed by atoms with van der Waals surface area (Å²) in [6.45, 7) is 3.61. The standard InChI is InChI=1S/C21H20N4O2/c1-16(22-24(15-26)18-9-5-3-6-10-18)13-14-20-17(2)23-25(21(20)27)19-11-7-4-8-12-19/h3-15,23H,1-2H3/b14-13+,22-16-. The molecule has 0 radical (unpaired) electrons. The van der Waals surface area contributed by atoms with E-state index in [9.17, 15) is 9.59 Å². The number of aryl methyl sites for hydroxylation is 1. The highest BCUT2D eigenvalue weighted by Gasteiger charge is 2.09. The van der Waals surface area contributed by atoms with Gasteiger partial charge in [-0.1, -0.05) is 36.4 Å². The Morgan fingerprint density at radius 3 is 2.33 bits per heavy atom. The Kier molecular flexibility index (Phi) is 5.47. The van der Waals surface area contributed by atoms with Crippen molar-refractivity contribution >= 4 is 23.9 Å². The third-order valence-electron chi connectivity index (χ3n) is 4.01. The molecule has 0 spiro atoms. The van der Waals surface area contributed by atoms with Crippen LogP contribution in [0, 0.1) is 6.92 Å². The maximum atomic E-state index is 12.7. The zero-order valence-corrected chi connectivity index (χ0v) is 15.2. The Morgan fingerprint density at radius 1 is 1.07 bits per heavy atom. The van der Waals surface area contributed by atoms with Gasteiger partial charge in [0.15, 0.2) is 0 Å². The lowest BCUT2D eigenvalue weighted by Crippen LogP contribution is -2.16. The lowest BCUT2D eigenvalue weighted by Gasteiger charge is -2.11. The first kappa shape index (κ1) is 18.1. The lowest BCUT2D eigenvalue weighted by atomic mass is 10.2. The third kappa shape index (κ3) is 4.12. The number of allylic oxidation sites excluding steroid dienone is 1. The van der Waals surface area contributed by atoms with E-state index in [1.165, 1.54) is 9.69 Å². The highest BCUT2D eigenvalue weighted by molar-refractivity contribution is 5.98. The third-order valence-corrected chi connectivity index (χ3v) is 4.01. The van der Waals surface area contributed by atoms with Crippen molar-refractivity contribution in [3.05, 3.63) is 88.4 Å². The number of para-hydroxylation sites is 2. The Morgan fingerprint density at radius 2 is 1.70 bits per heavy atom. The van der Waals surface area contributed by atoms with Crippen LogP contribution in [0.25, 0.3) is 11.8 Å². The van der Waals surface area contributed by atoms with Crippen LogP contribution in [0.1, 0.15) is 18.2 Å². The van der Waals surface area contributed by atoms with Gasteiger partial charge in [-0.25, -0.2) is 9.69 Å². The minimum absolute atomic E-state index is 0.141. The average Bonchev–Trinajstić information content (AvgIpc) is 2.99. The number of nitrogens with zero attached hydrogens (tertiary/aromatic N) is 3. The largest absolute Gasteiger partial charge is 0.295 e. The van der Waals surface area contributed by atoms with Crippen LogP contribution in [0.15, 0.2) is 76.6 Å². The van der Waals surface area contributed by atoms with Crippen LogP contribution < -0.4 is 10.6 Å². The number of carbonyl (C=O) groups is 1. The second kappa shape index (κ2) is 8.14. The number of aromatic amines is 1. The summed E-state index contributed by atoms with van der Waals surface area (Å²) < 4.78 is 1.50. The maximum absolute atomic E-state index is 12.7. The number of hydrogen-bond acceptors (Lipinski definition) is 3. The molecule has 0 aliphatic heterocycles. The van der Waals surface area contributed by atoms with E-state index in [4.69, 9.17) is 0 Å². The van der Waals surface area contributed by atoms with E-state index in [-0.39, 0.29) is 5.56 Å². The van der Waals surface area contributed by atoms with Crippen LogP contribution in [-0.2, 0) is 4.79 Å². The van der Waals surface area contributed by atoms with Gasteiger partial charge < -0.3 is 0 Å². The van der Waals surface area contributed by atoms with Gasteiger partial charge in [0.1, 0.15) is 0 Å². The van der Waals surface area contributed by atoms with E-state index in [1.807, 2.05) is 55.5 Å². The Hall–Kier alpha value is -3.67. The van der Waals surface area contributed by atoms with Crippen molar-refractivity contribution in [3.8, 4) is 5.69 Å². The number of rotatable bonds is 6. The zero-order valence-electron chi connectivity index (χ0n) is 15.2. The second-order valence-corrected chi connectivity index (χ2v) is 5.99. The molecule has 1 N–H and O–H groups in total. The molecule has 1 amide bonds. The number of hydrogen-bond donors (Lipinski definition) is 1. The molecule has 0 aliphatic rings. The van der Waals surface area contributed by atoms with E-state index in [0.717, 1.165) is 11.4 Å². The van der Waals surface area contributed by atoms with Crippen LogP contribution in [0.4, 0.5) is 5.69 Å². The van der Waals surface area contributed by atoms with Gasteiger partial charge in [-0.3, -0.25) is 14.7 Å². The van der Waals surface area contributed by atoms with Crippen molar-refractivity contribution in [3.63, 3.8) is 0 Å². The second-order valence-electron chi connectivity index (χ2n) is 5.99. The van der Waals surface area contributed by atoms with Crippen molar-refractivity contribution in [2.24, 2.45) is 5.10 Å². The topological polar surface area (TPSA) is 70.5 Å². The molecule has 6 nitrogen and oxygen atoms in total. The van der Waals surface area contributed by atoms with Gasteiger partial charge >= 0.3 is 0 Å². The average molecular weight is 360 g/mol. The molecule has 3 aromatic rings. The van der Waals surface area contributed by atoms with Crippen LogP contribution >= 0.6 is 0 Å². The van der Waals surface area contributed by atoms with Gasteiger partial charge in [-0.05, 0) is 50.3 Å². The predicted molar refractivity (Wildman–Crippen MR) is 108 cm³/mol. The van der Waals surface area contributed by atoms with Gasteiger partial charge in [-0.15, -0.1) is 0 Å². The number of anilines is 1. The number of amides is 1. The van der Waals surface area contributed by atoms with E-state index < -0.39 is 0 Å². The molecule has 1 heterocycles. The molecule has 136 valence electrons. The highest BCUT2D eigenvalue weighted by atomic mass is 16.1. The highest BCUT2D eigenvalue weighted by Crippen LogP contribution is 2.12. The van der Waals surface area contributed by atoms with Crippen molar-refractivity contribution < 1.29 is 4.79 Å². The molecule has 0 unspecified atom stereocenters. The van der Waals surface area contributed by atoms with E-state index >= 15 is 0 Å². The maximum Gasteiger partial charge on any atom is 0.278 e. The summed E-state index contributed by atoms with van der Waals surface area (Å²) in [6.07, 6.45) is 4.07. The summed E-state index contributed by atoms with van der Waals surface area (Å²) in [5, 5.41) is 8.61. The Labute approximate surface area is 157 Å². The number of nitrogens with one attached hydrogen (secondary N) is 1. The molecule has 2 aromatic carbocycles. The molecule has 0 saturated carbocycles. The Bertz CT molecular complexity index is 1030. The lowest BCUT2D eigenvalue weighted by molar-refractivity contribution is -0.107. The van der Waals surface area contributed by atoms with Crippen LogP contribution in [0.2, 0.25) is 0 Å². The molecule has 0 saturated heterocycles. The molecule has 0 aliphatic carbocycles. The number of carbonyl (C=O) groups excluding carboxylic acids is 1. The van der Waals surface area contributed by atoms with Gasteiger partial charge in [0.25, 0.3) is 5.56 Å². The van der Waals surface area contributed by atoms with E-state index in [0.29, 0.717) is 23.4 Å². The number of aromatic nitrogens is 2. The molecular weight excluding hydrogens is 340 g/mol. The summed E-state index contributed by atoms with van der Waals surface area (Å²) in [6, 6.07) is 18.5. The van der Waals surface area contributed by atoms with Crippen LogP contribution in [0.3, 0.4) is 0 Å². The first-order valence-corrected chi connectivity index (χ1v) is 8.50. The molecule has 27 heavy (non-hydrogen) atoms. The van der Waals surface area contributed by atoms with Gasteiger partial charge in [0.05, 0.1) is 22.6 Å². The molecule has 3 rings (SSSR count). The summed E-state index contributed by atoms with van der Waals surface area (Å²) in [7, 11) is 0. The molecule has 0 atom stereocenters. The predicted octanol–water partition coefficient (Wildman–Crippen LogP) is 3.53. The smallest absolute Gasteiger partial charge is 0.278 e. The fraction of sp³-hybridized carbons (Fsp3) is 0.0952. The molecule has 1 aromatic heterocycles. The molecule has 6 heteroatoms. The monoisotopic (exact) mass is 360 g/mol. The molecule has 0 fully saturated rings. The quantitative estimate of drug-likeness (QED) is 0.415. The van der Waals surface area contributed by atoms with Gasteiger partial charge in [-0.2, -0.15) is 5.10 Å². The fourth-order valence-corrected chi connectivity index (χ4v) is 2.64. The van der Waals surface area contributed by atoms with Crippen molar-refractivity contribution in [1.29, 1.82) is 0 Å². The minimum Gasteiger partial charge on any atom is -0.295 e. The van der Waals surface area contributed by atoms with E-state index in [1.54, 1.807) is 31.2 Å². The normalized spacial score (nSPS) is 11.7. The van der Waals surface area contributed by atoms with Crippen LogP contribution in [-0.4, -0.2) is 21.9 Å². The van der Waals surface area contributed by atoms with E-state index in [2.05, 4.69) is 10.2 Å². The minimum atomic E-state index is -0.141. The summed E-state index contributed by atoms with van der Waals surface area (Å²) in [5.41, 5.74) is 3.19. The van der Waals surface area contributed by atoms with Crippen molar-refractivity contribution in [2.75, 3.05) is 5.01 Å². The van der Waals surface area contributed by atoms with Crippen molar-refractivity contribution in [1.82, 2.24) is 9.78 Å².